The average Bonchev–Trinajstić information content (AvgIpc) is 2.85. The maximum absolute atomic E-state index is 5.35. The first-order valence-electron chi connectivity index (χ1n) is 12.1. The molecule has 1 heterocycles. The highest BCUT2D eigenvalue weighted by molar-refractivity contribution is 7.80. The van der Waals surface area contributed by atoms with Gasteiger partial charge in [-0.25, -0.2) is 0 Å². The highest BCUT2D eigenvalue weighted by Crippen LogP contribution is 2.66. The van der Waals surface area contributed by atoms with Gasteiger partial charge in [0, 0.05) is 17.2 Å². The summed E-state index contributed by atoms with van der Waals surface area (Å²) in [7, 11) is -0.668. The highest BCUT2D eigenvalue weighted by Gasteiger charge is 2.56. The minimum Gasteiger partial charge on any atom is -0.252 e. The first kappa shape index (κ1) is 20.8. The molecule has 3 aromatic carbocycles. The van der Waals surface area contributed by atoms with Crippen molar-refractivity contribution in [1.29, 1.82) is 0 Å². The molecule has 33 heavy (non-hydrogen) atoms. The molecule has 3 aliphatic carbocycles. The second-order valence-electron chi connectivity index (χ2n) is 10.2. The molecule has 1 aromatic heterocycles. The Morgan fingerprint density at radius 1 is 0.758 bits per heavy atom. The molecule has 1 fully saturated rings. The predicted molar refractivity (Wildman–Crippen MR) is 141 cm³/mol. The van der Waals surface area contributed by atoms with E-state index in [1.165, 1.54) is 39.2 Å². The Morgan fingerprint density at radius 3 is 2.00 bits per heavy atom. The predicted octanol–water partition coefficient (Wildman–Crippen LogP) is 6.75. The molecule has 0 unspecified atom stereocenters. The van der Waals surface area contributed by atoms with Gasteiger partial charge in [0.25, 0.3) is 0 Å². The van der Waals surface area contributed by atoms with Crippen molar-refractivity contribution in [2.45, 2.75) is 39.0 Å². The summed E-state index contributed by atoms with van der Waals surface area (Å²) in [4.78, 5) is 5.35. The summed E-state index contributed by atoms with van der Waals surface area (Å²) in [6.07, 6.45) is 1.33. The van der Waals surface area contributed by atoms with Crippen LogP contribution in [0.3, 0.4) is 0 Å². The molecule has 0 aliphatic heterocycles. The lowest BCUT2D eigenvalue weighted by Crippen LogP contribution is -2.50. The monoisotopic (exact) mass is 447 g/mol. The molecule has 0 saturated heterocycles. The SMILES string of the molecule is C[C@H]1c2nc(-c3ccccc3P(c3ccccc3)c3ccccc3)ccc2[C@H]2C[C@@H]1C2(C)C. The van der Waals surface area contributed by atoms with E-state index in [4.69, 9.17) is 4.98 Å². The van der Waals surface area contributed by atoms with Crippen LogP contribution >= 0.6 is 7.92 Å². The van der Waals surface area contributed by atoms with Crippen LogP contribution in [0.5, 0.6) is 0 Å². The Labute approximate surface area is 198 Å². The number of nitrogens with zero attached hydrogens (tertiary/aromatic N) is 1. The van der Waals surface area contributed by atoms with Gasteiger partial charge in [-0.3, -0.25) is 4.98 Å². The van der Waals surface area contributed by atoms with Crippen molar-refractivity contribution in [2.24, 2.45) is 11.3 Å². The number of aromatic nitrogens is 1. The number of rotatable bonds is 4. The van der Waals surface area contributed by atoms with Gasteiger partial charge in [0.05, 0.1) is 5.69 Å². The van der Waals surface area contributed by atoms with E-state index in [9.17, 15) is 0 Å². The molecule has 2 heteroatoms. The van der Waals surface area contributed by atoms with Gasteiger partial charge in [0.2, 0.25) is 0 Å². The van der Waals surface area contributed by atoms with E-state index in [0.717, 1.165) is 11.6 Å². The molecule has 1 nitrogen and oxygen atoms in total. The van der Waals surface area contributed by atoms with E-state index in [1.807, 2.05) is 0 Å². The van der Waals surface area contributed by atoms with Gasteiger partial charge in [-0.15, -0.1) is 0 Å². The van der Waals surface area contributed by atoms with Gasteiger partial charge in [-0.05, 0) is 59.1 Å². The number of pyridine rings is 1. The van der Waals surface area contributed by atoms with E-state index >= 15 is 0 Å². The fourth-order valence-electron chi connectivity index (χ4n) is 6.29. The molecule has 3 aliphatic rings. The minimum atomic E-state index is -0.668. The van der Waals surface area contributed by atoms with Crippen LogP contribution in [0.4, 0.5) is 0 Å². The second kappa shape index (κ2) is 7.93. The quantitative estimate of drug-likeness (QED) is 0.315. The molecule has 0 radical (unpaired) electrons. The lowest BCUT2D eigenvalue weighted by atomic mass is 9.45. The summed E-state index contributed by atoms with van der Waals surface area (Å²) in [5.41, 5.74) is 5.62. The van der Waals surface area contributed by atoms with Gasteiger partial charge in [-0.2, -0.15) is 0 Å². The first-order valence-corrected chi connectivity index (χ1v) is 13.4. The topological polar surface area (TPSA) is 12.9 Å². The van der Waals surface area contributed by atoms with Crippen molar-refractivity contribution in [3.05, 3.63) is 108 Å². The molecule has 4 aromatic rings. The van der Waals surface area contributed by atoms with Crippen LogP contribution in [0.25, 0.3) is 11.3 Å². The molecule has 7 rings (SSSR count). The van der Waals surface area contributed by atoms with Crippen molar-refractivity contribution in [2.75, 3.05) is 0 Å². The maximum Gasteiger partial charge on any atom is 0.0712 e. The molecular formula is C31H30NP. The summed E-state index contributed by atoms with van der Waals surface area (Å²) >= 11 is 0. The summed E-state index contributed by atoms with van der Waals surface area (Å²) < 4.78 is 0. The third-order valence-electron chi connectivity index (χ3n) is 8.16. The van der Waals surface area contributed by atoms with E-state index in [0.29, 0.717) is 17.3 Å². The molecule has 2 bridgehead atoms. The first-order chi connectivity index (χ1) is 16.1. The lowest BCUT2D eigenvalue weighted by Gasteiger charge is -2.59. The standard InChI is InChI=1S/C31H30NP/c1-21-26-20-27(31(26,2)3)24-18-19-28(32-30(21)24)25-16-10-11-17-29(25)33(22-12-6-4-7-13-22)23-14-8-5-9-15-23/h4-19,21,26-27H,20H2,1-3H3/t21-,26+,27-/m1/s1. The summed E-state index contributed by atoms with van der Waals surface area (Å²) in [6.45, 7) is 7.28. The zero-order valence-electron chi connectivity index (χ0n) is 19.6. The number of benzene rings is 3. The normalized spacial score (nSPS) is 22.5. The zero-order chi connectivity index (χ0) is 22.6. The Hall–Kier alpha value is -2.76. The summed E-state index contributed by atoms with van der Waals surface area (Å²) in [6, 6.07) is 35.5. The number of hydrogen-bond acceptors (Lipinski definition) is 1. The zero-order valence-corrected chi connectivity index (χ0v) is 20.5. The van der Waals surface area contributed by atoms with Crippen LogP contribution in [0.1, 0.15) is 50.3 Å². The second-order valence-corrected chi connectivity index (χ2v) is 12.4. The van der Waals surface area contributed by atoms with Gasteiger partial charge < -0.3 is 0 Å². The fraction of sp³-hybridized carbons (Fsp3) is 0.258. The van der Waals surface area contributed by atoms with E-state index < -0.39 is 7.92 Å². The van der Waals surface area contributed by atoms with Crippen LogP contribution in [-0.4, -0.2) is 4.98 Å². The highest BCUT2D eigenvalue weighted by atomic mass is 31.1. The molecular weight excluding hydrogens is 417 g/mol. The number of hydrogen-bond donors (Lipinski definition) is 0. The Balaban J connectivity index is 1.50. The van der Waals surface area contributed by atoms with Gasteiger partial charge in [0.15, 0.2) is 0 Å². The Morgan fingerprint density at radius 2 is 1.36 bits per heavy atom. The summed E-state index contributed by atoms with van der Waals surface area (Å²) in [5, 5.41) is 4.13. The third kappa shape index (κ3) is 3.29. The van der Waals surface area contributed by atoms with Crippen LogP contribution in [0.2, 0.25) is 0 Å². The van der Waals surface area contributed by atoms with E-state index in [-0.39, 0.29) is 0 Å². The van der Waals surface area contributed by atoms with E-state index in [1.54, 1.807) is 0 Å². The van der Waals surface area contributed by atoms with Crippen molar-refractivity contribution in [1.82, 2.24) is 4.98 Å². The van der Waals surface area contributed by atoms with Gasteiger partial charge >= 0.3 is 0 Å². The van der Waals surface area contributed by atoms with Gasteiger partial charge in [-0.1, -0.05) is 112 Å². The molecule has 0 spiro atoms. The fourth-order valence-corrected chi connectivity index (χ4v) is 8.75. The van der Waals surface area contributed by atoms with Gasteiger partial charge in [0.1, 0.15) is 0 Å². The largest absolute Gasteiger partial charge is 0.252 e. The van der Waals surface area contributed by atoms with E-state index in [2.05, 4.69) is 118 Å². The maximum atomic E-state index is 5.35. The third-order valence-corrected chi connectivity index (χ3v) is 10.7. The molecule has 0 N–H and O–H groups in total. The summed E-state index contributed by atoms with van der Waals surface area (Å²) in [5.74, 6) is 1.94. The van der Waals surface area contributed by atoms with Crippen molar-refractivity contribution < 1.29 is 0 Å². The smallest absolute Gasteiger partial charge is 0.0712 e. The average molecular weight is 448 g/mol. The van der Waals surface area contributed by atoms with Crippen LogP contribution in [0.15, 0.2) is 97.1 Å². The van der Waals surface area contributed by atoms with Crippen LogP contribution < -0.4 is 15.9 Å². The van der Waals surface area contributed by atoms with Crippen molar-refractivity contribution in [3.63, 3.8) is 0 Å². The molecule has 0 amide bonds. The van der Waals surface area contributed by atoms with Crippen molar-refractivity contribution >= 4 is 23.8 Å². The van der Waals surface area contributed by atoms with Crippen LogP contribution in [0, 0.1) is 11.3 Å². The van der Waals surface area contributed by atoms with Crippen molar-refractivity contribution in [3.8, 4) is 11.3 Å². The molecule has 1 saturated carbocycles. The van der Waals surface area contributed by atoms with Crippen LogP contribution in [-0.2, 0) is 0 Å². The minimum absolute atomic E-state index is 0.405. The lowest BCUT2D eigenvalue weighted by molar-refractivity contribution is -0.00270. The Kier molecular flexibility index (Phi) is 5.00. The molecule has 164 valence electrons. The Bertz CT molecular complexity index is 1260. The molecule has 3 atom stereocenters.